The van der Waals surface area contributed by atoms with Crippen molar-refractivity contribution in [3.63, 3.8) is 0 Å². The highest BCUT2D eigenvalue weighted by Gasteiger charge is 2.22. The van der Waals surface area contributed by atoms with E-state index in [1.807, 2.05) is 66.7 Å². The average Bonchev–Trinajstić information content (AvgIpc) is 2.89. The third-order valence-corrected chi connectivity index (χ3v) is 6.92. The topological polar surface area (TPSA) is 58.2 Å². The number of rotatable bonds is 8. The van der Waals surface area contributed by atoms with Crippen LogP contribution in [0.5, 0.6) is 0 Å². The smallest absolute Gasteiger partial charge is 0.255 e. The van der Waals surface area contributed by atoms with Gasteiger partial charge in [-0.25, -0.2) is 4.39 Å². The first-order chi connectivity index (χ1) is 17.4. The number of carbonyl (C=O) groups excluding carboxylic acids is 2. The summed E-state index contributed by atoms with van der Waals surface area (Å²) in [5.74, 6) is -0.402. The zero-order chi connectivity index (χ0) is 25.5. The van der Waals surface area contributed by atoms with Gasteiger partial charge in [-0.15, -0.1) is 11.8 Å². The summed E-state index contributed by atoms with van der Waals surface area (Å²) in [6.45, 7) is 4.27. The second-order valence-electron chi connectivity index (χ2n) is 8.66. The maximum Gasteiger partial charge on any atom is 0.255 e. The molecule has 0 spiro atoms. The lowest BCUT2D eigenvalue weighted by molar-refractivity contribution is -0.115. The van der Waals surface area contributed by atoms with Crippen LogP contribution in [0.2, 0.25) is 0 Å². The summed E-state index contributed by atoms with van der Waals surface area (Å²) < 4.78 is 13.1. The molecule has 1 unspecified atom stereocenters. The van der Waals surface area contributed by atoms with Crippen molar-refractivity contribution in [2.75, 3.05) is 10.6 Å². The Hall–Kier alpha value is -3.90. The molecule has 0 fully saturated rings. The quantitative estimate of drug-likeness (QED) is 0.245. The molecule has 4 nitrogen and oxygen atoms in total. The SMILES string of the molecule is CC(C)c1ccc(NC(=O)C(Sc2ccc(NC(=O)c3ccc(F)cc3)cc2)c2ccccc2)cc1. The van der Waals surface area contributed by atoms with E-state index in [-0.39, 0.29) is 11.8 Å². The van der Waals surface area contributed by atoms with E-state index in [1.54, 1.807) is 12.1 Å². The van der Waals surface area contributed by atoms with Gasteiger partial charge in [0.2, 0.25) is 5.91 Å². The van der Waals surface area contributed by atoms with Crippen molar-refractivity contribution in [3.05, 3.63) is 126 Å². The van der Waals surface area contributed by atoms with Crippen LogP contribution in [0.15, 0.2) is 108 Å². The fourth-order valence-electron chi connectivity index (χ4n) is 3.62. The van der Waals surface area contributed by atoms with Crippen molar-refractivity contribution in [2.24, 2.45) is 0 Å². The van der Waals surface area contributed by atoms with Crippen LogP contribution in [0.4, 0.5) is 15.8 Å². The predicted molar refractivity (Wildman–Crippen MR) is 145 cm³/mol. The van der Waals surface area contributed by atoms with Crippen LogP contribution in [-0.2, 0) is 4.79 Å². The van der Waals surface area contributed by atoms with E-state index in [1.165, 1.54) is 41.6 Å². The molecule has 0 aliphatic rings. The average molecular weight is 499 g/mol. The van der Waals surface area contributed by atoms with Crippen LogP contribution < -0.4 is 10.6 Å². The number of carbonyl (C=O) groups is 2. The summed E-state index contributed by atoms with van der Waals surface area (Å²) in [6.07, 6.45) is 0. The highest BCUT2D eigenvalue weighted by atomic mass is 32.2. The molecule has 36 heavy (non-hydrogen) atoms. The van der Waals surface area contributed by atoms with Crippen molar-refractivity contribution in [2.45, 2.75) is 29.9 Å². The molecule has 1 atom stereocenters. The molecule has 0 saturated carbocycles. The van der Waals surface area contributed by atoms with Gasteiger partial charge in [-0.2, -0.15) is 0 Å². The van der Waals surface area contributed by atoms with Gasteiger partial charge in [0.15, 0.2) is 0 Å². The van der Waals surface area contributed by atoms with Crippen LogP contribution in [0.1, 0.15) is 46.5 Å². The van der Waals surface area contributed by atoms with Gasteiger partial charge in [-0.3, -0.25) is 9.59 Å². The minimum atomic E-state index is -0.462. The van der Waals surface area contributed by atoms with Crippen molar-refractivity contribution in [1.82, 2.24) is 0 Å². The van der Waals surface area contributed by atoms with Gasteiger partial charge in [0.05, 0.1) is 0 Å². The number of hydrogen-bond donors (Lipinski definition) is 2. The van der Waals surface area contributed by atoms with Crippen LogP contribution in [0, 0.1) is 5.82 Å². The number of nitrogens with one attached hydrogen (secondary N) is 2. The van der Waals surface area contributed by atoms with Crippen molar-refractivity contribution < 1.29 is 14.0 Å². The van der Waals surface area contributed by atoms with Crippen molar-refractivity contribution in [3.8, 4) is 0 Å². The van der Waals surface area contributed by atoms with Gasteiger partial charge in [0.1, 0.15) is 11.1 Å². The number of anilines is 2. The van der Waals surface area contributed by atoms with E-state index in [0.29, 0.717) is 17.2 Å². The summed E-state index contributed by atoms with van der Waals surface area (Å²) in [5.41, 5.74) is 3.85. The van der Waals surface area contributed by atoms with Gasteiger partial charge in [0, 0.05) is 21.8 Å². The van der Waals surface area contributed by atoms with Crippen LogP contribution in [0.3, 0.4) is 0 Å². The Morgan fingerprint density at radius 3 is 1.89 bits per heavy atom. The molecule has 2 amide bonds. The Kier molecular flexibility index (Phi) is 8.18. The number of benzene rings is 4. The summed E-state index contributed by atoms with van der Waals surface area (Å²) in [6, 6.07) is 30.3. The zero-order valence-corrected chi connectivity index (χ0v) is 20.9. The molecule has 0 aliphatic heterocycles. The van der Waals surface area contributed by atoms with E-state index in [2.05, 4.69) is 24.5 Å². The first-order valence-electron chi connectivity index (χ1n) is 11.7. The van der Waals surface area contributed by atoms with Crippen molar-refractivity contribution in [1.29, 1.82) is 0 Å². The molecule has 6 heteroatoms. The molecule has 2 N–H and O–H groups in total. The fourth-order valence-corrected chi connectivity index (χ4v) is 4.64. The predicted octanol–water partition coefficient (Wildman–Crippen LogP) is 7.67. The minimum absolute atomic E-state index is 0.114. The standard InChI is InChI=1S/C30H27FN2O2S/c1-20(2)21-10-14-25(15-11-21)33-30(35)28(22-6-4-3-5-7-22)36-27-18-16-26(17-19-27)32-29(34)23-8-12-24(31)13-9-23/h3-20,28H,1-2H3,(H,32,34)(H,33,35). The second-order valence-corrected chi connectivity index (χ2v) is 9.84. The molecule has 0 saturated heterocycles. The molecule has 0 aromatic heterocycles. The Morgan fingerprint density at radius 2 is 1.28 bits per heavy atom. The van der Waals surface area contributed by atoms with Crippen LogP contribution in [0.25, 0.3) is 0 Å². The highest BCUT2D eigenvalue weighted by Crippen LogP contribution is 2.37. The lowest BCUT2D eigenvalue weighted by Gasteiger charge is -2.18. The lowest BCUT2D eigenvalue weighted by Crippen LogP contribution is -2.19. The van der Waals surface area contributed by atoms with Gasteiger partial charge in [-0.05, 0) is 77.7 Å². The van der Waals surface area contributed by atoms with Gasteiger partial charge < -0.3 is 10.6 Å². The third-order valence-electron chi connectivity index (χ3n) is 5.66. The molecule has 0 bridgehead atoms. The maximum absolute atomic E-state index is 13.3. The number of amides is 2. The Bertz CT molecular complexity index is 1310. The molecule has 0 aliphatic carbocycles. The molecule has 4 rings (SSSR count). The van der Waals surface area contributed by atoms with Gasteiger partial charge in [-0.1, -0.05) is 56.3 Å². The fraction of sp³-hybridized carbons (Fsp3) is 0.133. The van der Waals surface area contributed by atoms with E-state index in [0.717, 1.165) is 16.1 Å². The normalized spacial score (nSPS) is 11.7. The largest absolute Gasteiger partial charge is 0.325 e. The molecular formula is C30H27FN2O2S. The minimum Gasteiger partial charge on any atom is -0.325 e. The maximum atomic E-state index is 13.3. The Morgan fingerprint density at radius 1 is 0.694 bits per heavy atom. The molecular weight excluding hydrogens is 471 g/mol. The van der Waals surface area contributed by atoms with E-state index in [4.69, 9.17) is 0 Å². The first-order valence-corrected chi connectivity index (χ1v) is 12.6. The first kappa shape index (κ1) is 25.2. The number of halogens is 1. The Labute approximate surface area is 215 Å². The number of thioether (sulfide) groups is 1. The van der Waals surface area contributed by atoms with Gasteiger partial charge in [0.25, 0.3) is 5.91 Å². The highest BCUT2D eigenvalue weighted by molar-refractivity contribution is 8.00. The summed E-state index contributed by atoms with van der Waals surface area (Å²) in [5, 5.41) is 5.39. The summed E-state index contributed by atoms with van der Waals surface area (Å²) in [4.78, 5) is 26.6. The van der Waals surface area contributed by atoms with Crippen LogP contribution in [-0.4, -0.2) is 11.8 Å². The van der Waals surface area contributed by atoms with Gasteiger partial charge >= 0.3 is 0 Å². The van der Waals surface area contributed by atoms with E-state index < -0.39 is 11.1 Å². The summed E-state index contributed by atoms with van der Waals surface area (Å²) >= 11 is 1.44. The van der Waals surface area contributed by atoms with Crippen LogP contribution >= 0.6 is 11.8 Å². The molecule has 4 aromatic carbocycles. The van der Waals surface area contributed by atoms with Crippen molar-refractivity contribution >= 4 is 35.0 Å². The van der Waals surface area contributed by atoms with E-state index in [9.17, 15) is 14.0 Å². The molecule has 182 valence electrons. The molecule has 4 aromatic rings. The molecule has 0 radical (unpaired) electrons. The lowest BCUT2D eigenvalue weighted by atomic mass is 10.0. The number of hydrogen-bond acceptors (Lipinski definition) is 3. The zero-order valence-electron chi connectivity index (χ0n) is 20.1. The summed E-state index contributed by atoms with van der Waals surface area (Å²) in [7, 11) is 0. The monoisotopic (exact) mass is 498 g/mol. The second kappa shape index (κ2) is 11.7. The third kappa shape index (κ3) is 6.61. The molecule has 0 heterocycles. The Balaban J connectivity index is 1.47. The van der Waals surface area contributed by atoms with E-state index >= 15 is 0 Å².